The predicted octanol–water partition coefficient (Wildman–Crippen LogP) is 5.97. The summed E-state index contributed by atoms with van der Waals surface area (Å²) < 4.78 is 0. The van der Waals surface area contributed by atoms with E-state index in [0.717, 1.165) is 0 Å². The van der Waals surface area contributed by atoms with Crippen molar-refractivity contribution >= 4 is 0 Å². The predicted molar refractivity (Wildman–Crippen MR) is 97.3 cm³/mol. The molecular weight excluding hydrogens is 288 g/mol. The Morgan fingerprint density at radius 2 is 0.625 bits per heavy atom. The van der Waals surface area contributed by atoms with Crippen LogP contribution in [0.4, 0.5) is 0 Å². The van der Waals surface area contributed by atoms with Gasteiger partial charge in [0.15, 0.2) is 0 Å². The van der Waals surface area contributed by atoms with E-state index in [1.54, 1.807) is 0 Å². The summed E-state index contributed by atoms with van der Waals surface area (Å²) in [7, 11) is 0. The van der Waals surface area contributed by atoms with Gasteiger partial charge in [-0.3, -0.25) is 0 Å². The highest BCUT2D eigenvalue weighted by molar-refractivity contribution is 5.74. The first-order valence-corrected chi connectivity index (χ1v) is 9.93. The van der Waals surface area contributed by atoms with Crippen molar-refractivity contribution in [3.63, 3.8) is 0 Å². The Kier molecular flexibility index (Phi) is 1.87. The van der Waals surface area contributed by atoms with Crippen molar-refractivity contribution in [2.75, 3.05) is 0 Å². The standard InChI is InChI=1S/C24H24/c1-2-10-18-17(9-1)23-15-7-8-16-24(18,23)22-14-6-4-12-20(22)19-11-3-5-13-21(19,22)23/h1-8H,9-16H2. The fourth-order valence-electron chi connectivity index (χ4n) is 9.28. The molecule has 7 rings (SSSR count). The molecule has 0 heterocycles. The molecule has 0 amide bonds. The van der Waals surface area contributed by atoms with Crippen LogP contribution in [0.5, 0.6) is 0 Å². The van der Waals surface area contributed by atoms with Crippen LogP contribution < -0.4 is 0 Å². The Bertz CT molecular complexity index is 789. The van der Waals surface area contributed by atoms with Crippen LogP contribution in [0, 0.1) is 21.7 Å². The van der Waals surface area contributed by atoms with E-state index < -0.39 is 0 Å². The third kappa shape index (κ3) is 0.797. The summed E-state index contributed by atoms with van der Waals surface area (Å²) in [6.45, 7) is 0. The fourth-order valence-corrected chi connectivity index (χ4v) is 9.28. The lowest BCUT2D eigenvalue weighted by molar-refractivity contribution is -0.327. The van der Waals surface area contributed by atoms with Crippen LogP contribution >= 0.6 is 0 Å². The Morgan fingerprint density at radius 1 is 0.375 bits per heavy atom. The number of hydrogen-bond acceptors (Lipinski definition) is 0. The summed E-state index contributed by atoms with van der Waals surface area (Å²) in [6.07, 6.45) is 30.2. The molecular formula is C24H24. The first kappa shape index (κ1) is 12.8. The molecule has 7 aliphatic rings. The fraction of sp³-hybridized carbons (Fsp3) is 0.500. The number of rotatable bonds is 0. The maximum Gasteiger partial charge on any atom is 0.0164 e. The topological polar surface area (TPSA) is 0 Å². The molecule has 0 unspecified atom stereocenters. The molecule has 0 aromatic carbocycles. The maximum absolute atomic E-state index is 2.54. The quantitative estimate of drug-likeness (QED) is 0.484. The molecule has 0 aromatic rings. The van der Waals surface area contributed by atoms with Gasteiger partial charge < -0.3 is 0 Å². The molecule has 2 spiro atoms. The third-order valence-corrected chi connectivity index (χ3v) is 9.35. The molecule has 7 aliphatic carbocycles. The van der Waals surface area contributed by atoms with E-state index in [4.69, 9.17) is 0 Å². The minimum absolute atomic E-state index is 0.490. The highest BCUT2D eigenvalue weighted by Crippen LogP contribution is 3.01. The molecule has 0 bridgehead atoms. The van der Waals surface area contributed by atoms with Gasteiger partial charge in [0, 0.05) is 21.7 Å². The molecule has 1 saturated carbocycles. The highest BCUT2D eigenvalue weighted by Gasteiger charge is 2.95. The molecule has 0 saturated heterocycles. The minimum Gasteiger partial charge on any atom is -0.0876 e. The van der Waals surface area contributed by atoms with Crippen LogP contribution in [-0.4, -0.2) is 0 Å². The molecule has 120 valence electrons. The lowest BCUT2D eigenvalue weighted by Gasteiger charge is -2.95. The minimum atomic E-state index is 0.490. The molecule has 0 nitrogen and oxygen atoms in total. The van der Waals surface area contributed by atoms with Gasteiger partial charge in [0.25, 0.3) is 0 Å². The molecule has 0 aromatic heterocycles. The van der Waals surface area contributed by atoms with Crippen LogP contribution in [0.2, 0.25) is 0 Å². The zero-order valence-electron chi connectivity index (χ0n) is 14.3. The Labute approximate surface area is 144 Å². The lowest BCUT2D eigenvalue weighted by atomic mass is 9.07. The van der Waals surface area contributed by atoms with Gasteiger partial charge in [0.1, 0.15) is 0 Å². The SMILES string of the molecule is C1=CCC2=C(C1)C13CC=CCC21C12CC=CCC1=C1CC=CCC123. The molecule has 24 heavy (non-hydrogen) atoms. The van der Waals surface area contributed by atoms with E-state index in [-0.39, 0.29) is 0 Å². The van der Waals surface area contributed by atoms with E-state index in [9.17, 15) is 0 Å². The van der Waals surface area contributed by atoms with Crippen LogP contribution in [0.15, 0.2) is 70.9 Å². The Morgan fingerprint density at radius 3 is 0.958 bits per heavy atom. The maximum atomic E-state index is 2.54. The molecule has 0 radical (unpaired) electrons. The molecule has 0 atom stereocenters. The van der Waals surface area contributed by atoms with Crippen molar-refractivity contribution in [1.82, 2.24) is 0 Å². The van der Waals surface area contributed by atoms with E-state index in [2.05, 4.69) is 48.6 Å². The van der Waals surface area contributed by atoms with Gasteiger partial charge >= 0.3 is 0 Å². The average molecular weight is 312 g/mol. The first-order valence-electron chi connectivity index (χ1n) is 9.93. The van der Waals surface area contributed by atoms with Crippen molar-refractivity contribution in [2.45, 2.75) is 51.4 Å². The van der Waals surface area contributed by atoms with Crippen LogP contribution in [-0.2, 0) is 0 Å². The number of allylic oxidation sites excluding steroid dienone is 12. The molecule has 1 fully saturated rings. The lowest BCUT2D eigenvalue weighted by Crippen LogP contribution is -2.89. The van der Waals surface area contributed by atoms with Crippen LogP contribution in [0.25, 0.3) is 0 Å². The summed E-state index contributed by atoms with van der Waals surface area (Å²) in [5, 5.41) is 0. The smallest absolute Gasteiger partial charge is 0.0164 e. The van der Waals surface area contributed by atoms with Crippen molar-refractivity contribution in [2.24, 2.45) is 21.7 Å². The second-order valence-corrected chi connectivity index (χ2v) is 9.05. The largest absolute Gasteiger partial charge is 0.0876 e. The van der Waals surface area contributed by atoms with Crippen LogP contribution in [0.1, 0.15) is 51.4 Å². The third-order valence-electron chi connectivity index (χ3n) is 9.35. The highest BCUT2D eigenvalue weighted by atomic mass is 15.0. The van der Waals surface area contributed by atoms with Gasteiger partial charge in [-0.25, -0.2) is 0 Å². The number of hydrogen-bond donors (Lipinski definition) is 0. The second-order valence-electron chi connectivity index (χ2n) is 9.05. The van der Waals surface area contributed by atoms with Crippen molar-refractivity contribution < 1.29 is 0 Å². The van der Waals surface area contributed by atoms with Crippen molar-refractivity contribution in [1.29, 1.82) is 0 Å². The molecule has 0 N–H and O–H groups in total. The van der Waals surface area contributed by atoms with Crippen molar-refractivity contribution in [3.05, 3.63) is 70.9 Å². The van der Waals surface area contributed by atoms with E-state index in [1.807, 2.05) is 22.3 Å². The normalized spacial score (nSPS) is 51.3. The van der Waals surface area contributed by atoms with Gasteiger partial charge in [-0.15, -0.1) is 0 Å². The van der Waals surface area contributed by atoms with E-state index in [1.165, 1.54) is 51.4 Å². The van der Waals surface area contributed by atoms with Gasteiger partial charge in [-0.05, 0) is 51.4 Å². The van der Waals surface area contributed by atoms with E-state index in [0.29, 0.717) is 21.7 Å². The summed E-state index contributed by atoms with van der Waals surface area (Å²) in [4.78, 5) is 0. The molecule has 0 aliphatic heterocycles. The van der Waals surface area contributed by atoms with Gasteiger partial charge in [-0.2, -0.15) is 0 Å². The Balaban J connectivity index is 1.58. The van der Waals surface area contributed by atoms with Crippen molar-refractivity contribution in [3.8, 4) is 0 Å². The second kappa shape index (κ2) is 3.52. The Hall–Kier alpha value is -1.56. The summed E-state index contributed by atoms with van der Waals surface area (Å²) in [6, 6.07) is 0. The van der Waals surface area contributed by atoms with Crippen LogP contribution in [0.3, 0.4) is 0 Å². The monoisotopic (exact) mass is 312 g/mol. The zero-order valence-corrected chi connectivity index (χ0v) is 14.3. The van der Waals surface area contributed by atoms with Gasteiger partial charge in [0.2, 0.25) is 0 Å². The van der Waals surface area contributed by atoms with Gasteiger partial charge in [-0.1, -0.05) is 70.9 Å². The average Bonchev–Trinajstić information content (AvgIpc) is 2.64. The zero-order chi connectivity index (χ0) is 15.6. The molecule has 0 heteroatoms. The van der Waals surface area contributed by atoms with E-state index >= 15 is 0 Å². The summed E-state index contributed by atoms with van der Waals surface area (Å²) >= 11 is 0. The first-order chi connectivity index (χ1) is 11.9. The van der Waals surface area contributed by atoms with Gasteiger partial charge in [0.05, 0.1) is 0 Å². The summed E-state index contributed by atoms with van der Waals surface area (Å²) in [5.74, 6) is 0. The summed E-state index contributed by atoms with van der Waals surface area (Å²) in [5.41, 5.74) is 9.46.